The molecule has 2 rings (SSSR count). The zero-order valence-corrected chi connectivity index (χ0v) is 10.8. The summed E-state index contributed by atoms with van der Waals surface area (Å²) in [7, 11) is 1.61. The molecule has 0 heterocycles. The minimum absolute atomic E-state index is 0.185. The first-order valence-electron chi connectivity index (χ1n) is 5.80. The minimum Gasteiger partial charge on any atom is -0.497 e. The van der Waals surface area contributed by atoms with Crippen LogP contribution in [0.4, 0.5) is 5.69 Å². The summed E-state index contributed by atoms with van der Waals surface area (Å²) in [6.07, 6.45) is 0. The summed E-state index contributed by atoms with van der Waals surface area (Å²) in [5.41, 5.74) is 9.10. The third kappa shape index (κ3) is 2.68. The fraction of sp³-hybridized carbons (Fsp3) is 0.133. The van der Waals surface area contributed by atoms with E-state index in [9.17, 15) is 4.79 Å². The normalized spacial score (nSPS) is 10.2. The largest absolute Gasteiger partial charge is 0.497 e. The predicted octanol–water partition coefficient (Wildman–Crippen LogP) is 2.95. The molecule has 2 aromatic carbocycles. The summed E-state index contributed by atoms with van der Waals surface area (Å²) < 4.78 is 5.15. The molecule has 0 aliphatic carbocycles. The van der Waals surface area contributed by atoms with Crippen LogP contribution in [0.3, 0.4) is 0 Å². The number of hydrogen-bond acceptors (Lipinski definition) is 3. The molecule has 4 nitrogen and oxygen atoms in total. The molecule has 0 fully saturated rings. The Morgan fingerprint density at radius 2 is 1.95 bits per heavy atom. The highest BCUT2D eigenvalue weighted by molar-refractivity contribution is 5.91. The van der Waals surface area contributed by atoms with Crippen molar-refractivity contribution in [3.05, 3.63) is 47.5 Å². The average Bonchev–Trinajstić information content (AvgIpc) is 2.37. The number of rotatable bonds is 3. The average molecular weight is 257 g/mol. The Bertz CT molecular complexity index is 635. The Morgan fingerprint density at radius 1 is 1.21 bits per heavy atom. The van der Waals surface area contributed by atoms with Gasteiger partial charge in [0.1, 0.15) is 5.75 Å². The Morgan fingerprint density at radius 3 is 2.53 bits per heavy atom. The van der Waals surface area contributed by atoms with E-state index in [1.165, 1.54) is 6.07 Å². The van der Waals surface area contributed by atoms with E-state index < -0.39 is 5.97 Å². The van der Waals surface area contributed by atoms with Gasteiger partial charge in [-0.3, -0.25) is 0 Å². The highest BCUT2D eigenvalue weighted by atomic mass is 16.5. The first kappa shape index (κ1) is 13.0. The first-order chi connectivity index (χ1) is 9.01. The topological polar surface area (TPSA) is 72.5 Å². The molecule has 0 spiro atoms. The van der Waals surface area contributed by atoms with E-state index >= 15 is 0 Å². The van der Waals surface area contributed by atoms with Gasteiger partial charge >= 0.3 is 5.97 Å². The maximum Gasteiger partial charge on any atom is 0.335 e. The molecule has 0 aliphatic rings. The number of methoxy groups -OCH3 is 1. The molecule has 19 heavy (non-hydrogen) atoms. The molecule has 98 valence electrons. The molecular weight excluding hydrogens is 242 g/mol. The lowest BCUT2D eigenvalue weighted by Gasteiger charge is -2.10. The van der Waals surface area contributed by atoms with E-state index in [0.717, 1.165) is 22.4 Å². The number of carboxylic acids is 1. The first-order valence-corrected chi connectivity index (χ1v) is 5.80. The summed E-state index contributed by atoms with van der Waals surface area (Å²) >= 11 is 0. The number of anilines is 1. The monoisotopic (exact) mass is 257 g/mol. The quantitative estimate of drug-likeness (QED) is 0.829. The number of carbonyl (C=O) groups is 1. The van der Waals surface area contributed by atoms with Crippen LogP contribution in [0.25, 0.3) is 11.1 Å². The highest BCUT2D eigenvalue weighted by Gasteiger charge is 2.09. The molecule has 0 bridgehead atoms. The summed E-state index contributed by atoms with van der Waals surface area (Å²) in [5, 5.41) is 9.06. The summed E-state index contributed by atoms with van der Waals surface area (Å²) in [6, 6.07) is 10.5. The van der Waals surface area contributed by atoms with Crippen molar-refractivity contribution in [3.8, 4) is 16.9 Å². The van der Waals surface area contributed by atoms with Gasteiger partial charge in [-0.05, 0) is 53.9 Å². The van der Waals surface area contributed by atoms with Crippen LogP contribution in [0.1, 0.15) is 15.9 Å². The predicted molar refractivity (Wildman–Crippen MR) is 74.5 cm³/mol. The van der Waals surface area contributed by atoms with E-state index in [-0.39, 0.29) is 5.56 Å². The van der Waals surface area contributed by atoms with Gasteiger partial charge in [-0.2, -0.15) is 0 Å². The molecule has 0 atom stereocenters. The lowest BCUT2D eigenvalue weighted by atomic mass is 9.98. The number of nitrogen functional groups attached to an aromatic ring is 1. The van der Waals surface area contributed by atoms with Crippen molar-refractivity contribution in [2.75, 3.05) is 12.8 Å². The summed E-state index contributed by atoms with van der Waals surface area (Å²) in [6.45, 7) is 1.95. The maximum absolute atomic E-state index is 11.0. The molecule has 0 aliphatic heterocycles. The molecular formula is C15H15NO3. The Kier molecular flexibility index (Phi) is 3.42. The van der Waals surface area contributed by atoms with Crippen LogP contribution in [-0.4, -0.2) is 18.2 Å². The van der Waals surface area contributed by atoms with Gasteiger partial charge in [-0.15, -0.1) is 0 Å². The molecule has 3 N–H and O–H groups in total. The van der Waals surface area contributed by atoms with Gasteiger partial charge in [0.2, 0.25) is 0 Å². The fourth-order valence-electron chi connectivity index (χ4n) is 2.02. The van der Waals surface area contributed by atoms with Crippen LogP contribution in [0, 0.1) is 6.92 Å². The number of hydrogen-bond donors (Lipinski definition) is 2. The van der Waals surface area contributed by atoms with Crippen LogP contribution in [0.2, 0.25) is 0 Å². The van der Waals surface area contributed by atoms with Crippen LogP contribution in [-0.2, 0) is 0 Å². The second-order valence-corrected chi connectivity index (χ2v) is 4.33. The number of carboxylic acid groups (broad SMARTS) is 1. The zero-order chi connectivity index (χ0) is 14.0. The molecule has 0 radical (unpaired) electrons. The van der Waals surface area contributed by atoms with Crippen molar-refractivity contribution in [2.24, 2.45) is 0 Å². The van der Waals surface area contributed by atoms with Crippen molar-refractivity contribution < 1.29 is 14.6 Å². The van der Waals surface area contributed by atoms with Gasteiger partial charge in [0.25, 0.3) is 0 Å². The fourth-order valence-corrected chi connectivity index (χ4v) is 2.02. The number of aromatic carboxylic acids is 1. The second-order valence-electron chi connectivity index (χ2n) is 4.33. The van der Waals surface area contributed by atoms with Crippen molar-refractivity contribution >= 4 is 11.7 Å². The van der Waals surface area contributed by atoms with Crippen molar-refractivity contribution in [2.45, 2.75) is 6.92 Å². The Hall–Kier alpha value is -2.49. The van der Waals surface area contributed by atoms with E-state index in [1.54, 1.807) is 19.2 Å². The van der Waals surface area contributed by atoms with E-state index in [4.69, 9.17) is 15.6 Å². The van der Waals surface area contributed by atoms with Crippen molar-refractivity contribution in [3.63, 3.8) is 0 Å². The van der Waals surface area contributed by atoms with Gasteiger partial charge in [-0.25, -0.2) is 4.79 Å². The number of nitrogens with two attached hydrogens (primary N) is 1. The molecule has 0 saturated carbocycles. The number of aryl methyl sites for hydroxylation is 1. The molecule has 0 saturated heterocycles. The van der Waals surface area contributed by atoms with E-state index in [1.807, 2.05) is 25.1 Å². The highest BCUT2D eigenvalue weighted by Crippen LogP contribution is 2.29. The van der Waals surface area contributed by atoms with Gasteiger partial charge in [-0.1, -0.05) is 6.07 Å². The molecule has 0 aromatic heterocycles. The minimum atomic E-state index is -0.986. The van der Waals surface area contributed by atoms with E-state index in [0.29, 0.717) is 5.69 Å². The van der Waals surface area contributed by atoms with Crippen LogP contribution < -0.4 is 10.5 Å². The number of ether oxygens (including phenoxy) is 1. The molecule has 0 unspecified atom stereocenters. The van der Waals surface area contributed by atoms with Crippen LogP contribution >= 0.6 is 0 Å². The molecule has 2 aromatic rings. The standard InChI is InChI=1S/C15H15NO3/c1-9-5-13(19-2)3-4-14(9)10-6-11(15(17)18)8-12(16)7-10/h3-8H,16H2,1-2H3,(H,17,18). The van der Waals surface area contributed by atoms with Gasteiger partial charge in [0.05, 0.1) is 12.7 Å². The summed E-state index contributed by atoms with van der Waals surface area (Å²) in [4.78, 5) is 11.0. The lowest BCUT2D eigenvalue weighted by Crippen LogP contribution is -1.99. The van der Waals surface area contributed by atoms with Gasteiger partial charge < -0.3 is 15.6 Å². The SMILES string of the molecule is COc1ccc(-c2cc(N)cc(C(=O)O)c2)c(C)c1. The Balaban J connectivity index is 2.55. The van der Waals surface area contributed by atoms with Crippen LogP contribution in [0.15, 0.2) is 36.4 Å². The van der Waals surface area contributed by atoms with Crippen LogP contribution in [0.5, 0.6) is 5.75 Å². The van der Waals surface area contributed by atoms with Gasteiger partial charge in [0.15, 0.2) is 0 Å². The smallest absolute Gasteiger partial charge is 0.335 e. The summed E-state index contributed by atoms with van der Waals surface area (Å²) in [5.74, 6) is -0.219. The lowest BCUT2D eigenvalue weighted by molar-refractivity contribution is 0.0697. The third-order valence-corrected chi connectivity index (χ3v) is 2.95. The number of benzene rings is 2. The molecule has 4 heteroatoms. The zero-order valence-electron chi connectivity index (χ0n) is 10.8. The van der Waals surface area contributed by atoms with E-state index in [2.05, 4.69) is 0 Å². The Labute approximate surface area is 111 Å². The van der Waals surface area contributed by atoms with Crippen molar-refractivity contribution in [1.82, 2.24) is 0 Å². The third-order valence-electron chi connectivity index (χ3n) is 2.95. The second kappa shape index (κ2) is 5.02. The van der Waals surface area contributed by atoms with Crippen molar-refractivity contribution in [1.29, 1.82) is 0 Å². The maximum atomic E-state index is 11.0. The molecule has 0 amide bonds. The van der Waals surface area contributed by atoms with Gasteiger partial charge in [0, 0.05) is 5.69 Å².